The summed E-state index contributed by atoms with van der Waals surface area (Å²) in [6.45, 7) is 2.12. The Bertz CT molecular complexity index is 550. The SMILES string of the molecule is CCCc1cc(F)ccc1Br.OCCc1cc(F)ccc1Br. The molecule has 0 aliphatic rings. The molecule has 0 aromatic heterocycles. The molecule has 0 spiro atoms. The van der Waals surface area contributed by atoms with Crippen LogP contribution in [-0.2, 0) is 12.8 Å². The van der Waals surface area contributed by atoms with Crippen LogP contribution < -0.4 is 0 Å². The van der Waals surface area contributed by atoms with E-state index in [1.54, 1.807) is 18.2 Å². The number of aryl methyl sites for hydroxylation is 1. The van der Waals surface area contributed by atoms with Gasteiger partial charge in [-0.3, -0.25) is 0 Å². The molecule has 22 heavy (non-hydrogen) atoms. The highest BCUT2D eigenvalue weighted by molar-refractivity contribution is 9.10. The van der Waals surface area contributed by atoms with Gasteiger partial charge in [-0.2, -0.15) is 0 Å². The van der Waals surface area contributed by atoms with Crippen LogP contribution in [0, 0.1) is 11.6 Å². The van der Waals surface area contributed by atoms with Gasteiger partial charge in [0, 0.05) is 15.6 Å². The summed E-state index contributed by atoms with van der Waals surface area (Å²) >= 11 is 6.62. The number of aliphatic hydroxyl groups is 1. The van der Waals surface area contributed by atoms with E-state index in [9.17, 15) is 8.78 Å². The molecule has 120 valence electrons. The van der Waals surface area contributed by atoms with Crippen molar-refractivity contribution in [3.05, 3.63) is 68.1 Å². The summed E-state index contributed by atoms with van der Waals surface area (Å²) in [5, 5.41) is 8.59. The fourth-order valence-electron chi connectivity index (χ4n) is 1.86. The molecule has 0 atom stereocenters. The zero-order valence-corrected chi connectivity index (χ0v) is 15.4. The van der Waals surface area contributed by atoms with Crippen molar-refractivity contribution in [1.29, 1.82) is 0 Å². The van der Waals surface area contributed by atoms with Crippen molar-refractivity contribution in [1.82, 2.24) is 0 Å². The highest BCUT2D eigenvalue weighted by Gasteiger charge is 2.00. The standard InChI is InChI=1S/C9H10BrF.C8H8BrFO/c1-2-3-7-6-8(11)4-5-9(7)10;9-8-2-1-7(10)5-6(8)3-4-11/h4-6H,2-3H2,1H3;1-2,5,11H,3-4H2. The smallest absolute Gasteiger partial charge is 0.123 e. The molecule has 0 saturated heterocycles. The number of halogens is 4. The van der Waals surface area contributed by atoms with Crippen molar-refractivity contribution in [3.8, 4) is 0 Å². The first-order chi connectivity index (χ1) is 10.5. The zero-order valence-electron chi connectivity index (χ0n) is 12.3. The second-order valence-electron chi connectivity index (χ2n) is 4.70. The largest absolute Gasteiger partial charge is 0.396 e. The van der Waals surface area contributed by atoms with E-state index < -0.39 is 0 Å². The third-order valence-corrected chi connectivity index (χ3v) is 4.46. The van der Waals surface area contributed by atoms with E-state index in [1.807, 2.05) is 0 Å². The molecule has 2 rings (SSSR count). The van der Waals surface area contributed by atoms with Crippen LogP contribution >= 0.6 is 31.9 Å². The summed E-state index contributed by atoms with van der Waals surface area (Å²) in [4.78, 5) is 0. The normalized spacial score (nSPS) is 10.1. The molecule has 0 fully saturated rings. The zero-order chi connectivity index (χ0) is 16.5. The van der Waals surface area contributed by atoms with E-state index in [2.05, 4.69) is 38.8 Å². The minimum Gasteiger partial charge on any atom is -0.396 e. The molecule has 5 heteroatoms. The molecule has 0 amide bonds. The van der Waals surface area contributed by atoms with Gasteiger partial charge in [-0.05, 0) is 60.4 Å². The molecule has 0 radical (unpaired) electrons. The van der Waals surface area contributed by atoms with E-state index in [0.717, 1.165) is 32.9 Å². The number of hydrogen-bond acceptors (Lipinski definition) is 1. The highest BCUT2D eigenvalue weighted by atomic mass is 79.9. The minimum atomic E-state index is -0.267. The summed E-state index contributed by atoms with van der Waals surface area (Å²) in [6, 6.07) is 9.22. The van der Waals surface area contributed by atoms with E-state index in [0.29, 0.717) is 6.42 Å². The molecule has 0 heterocycles. The Morgan fingerprint density at radius 3 is 1.73 bits per heavy atom. The van der Waals surface area contributed by atoms with Crippen molar-refractivity contribution in [3.63, 3.8) is 0 Å². The van der Waals surface area contributed by atoms with Crippen LogP contribution in [0.25, 0.3) is 0 Å². The predicted octanol–water partition coefficient (Wildman–Crippen LogP) is 5.66. The van der Waals surface area contributed by atoms with E-state index in [4.69, 9.17) is 5.11 Å². The van der Waals surface area contributed by atoms with Crippen LogP contribution in [0.15, 0.2) is 45.3 Å². The van der Waals surface area contributed by atoms with Gasteiger partial charge in [0.15, 0.2) is 0 Å². The van der Waals surface area contributed by atoms with Crippen LogP contribution in [0.1, 0.15) is 24.5 Å². The highest BCUT2D eigenvalue weighted by Crippen LogP contribution is 2.19. The fraction of sp³-hybridized carbons (Fsp3) is 0.294. The fourth-order valence-corrected chi connectivity index (χ4v) is 2.75. The Hall–Kier alpha value is -0.780. The molecule has 2 aromatic rings. The van der Waals surface area contributed by atoms with E-state index >= 15 is 0 Å². The van der Waals surface area contributed by atoms with Crippen molar-refractivity contribution in [2.45, 2.75) is 26.2 Å². The molecule has 0 bridgehead atoms. The second-order valence-corrected chi connectivity index (χ2v) is 6.40. The number of hydrogen-bond donors (Lipinski definition) is 1. The minimum absolute atomic E-state index is 0.0437. The lowest BCUT2D eigenvalue weighted by Gasteiger charge is -2.01. The Morgan fingerprint density at radius 2 is 1.32 bits per heavy atom. The van der Waals surface area contributed by atoms with Gasteiger partial charge in [0.05, 0.1) is 0 Å². The first-order valence-electron chi connectivity index (χ1n) is 6.96. The van der Waals surface area contributed by atoms with Gasteiger partial charge >= 0.3 is 0 Å². The van der Waals surface area contributed by atoms with Gasteiger partial charge in [-0.15, -0.1) is 0 Å². The monoisotopic (exact) mass is 434 g/mol. The van der Waals surface area contributed by atoms with Crippen LogP contribution in [0.5, 0.6) is 0 Å². The predicted molar refractivity (Wildman–Crippen MR) is 93.0 cm³/mol. The van der Waals surface area contributed by atoms with Gasteiger partial charge in [0.25, 0.3) is 0 Å². The van der Waals surface area contributed by atoms with E-state index in [1.165, 1.54) is 18.2 Å². The van der Waals surface area contributed by atoms with Crippen LogP contribution in [-0.4, -0.2) is 11.7 Å². The molecule has 2 aromatic carbocycles. The maximum atomic E-state index is 12.6. The Kier molecular flexibility index (Phi) is 8.83. The Balaban J connectivity index is 0.000000220. The van der Waals surface area contributed by atoms with Crippen LogP contribution in [0.2, 0.25) is 0 Å². The average molecular weight is 436 g/mol. The van der Waals surface area contributed by atoms with Crippen LogP contribution in [0.4, 0.5) is 8.78 Å². The van der Waals surface area contributed by atoms with Crippen LogP contribution in [0.3, 0.4) is 0 Å². The lowest BCUT2D eigenvalue weighted by molar-refractivity contribution is 0.299. The maximum absolute atomic E-state index is 12.6. The van der Waals surface area contributed by atoms with Gasteiger partial charge in [0.1, 0.15) is 11.6 Å². The van der Waals surface area contributed by atoms with Gasteiger partial charge in [-0.1, -0.05) is 45.2 Å². The Morgan fingerprint density at radius 1 is 0.864 bits per heavy atom. The average Bonchev–Trinajstić information content (AvgIpc) is 2.48. The van der Waals surface area contributed by atoms with Crippen molar-refractivity contribution in [2.24, 2.45) is 0 Å². The molecule has 0 saturated carbocycles. The van der Waals surface area contributed by atoms with Gasteiger partial charge in [0.2, 0.25) is 0 Å². The molecule has 0 unspecified atom stereocenters. The Labute approximate surface area is 146 Å². The topological polar surface area (TPSA) is 20.2 Å². The van der Waals surface area contributed by atoms with E-state index in [-0.39, 0.29) is 18.2 Å². The first-order valence-corrected chi connectivity index (χ1v) is 8.55. The second kappa shape index (κ2) is 10.1. The third kappa shape index (κ3) is 6.55. The first kappa shape index (κ1) is 19.3. The third-order valence-electron chi connectivity index (χ3n) is 2.92. The summed E-state index contributed by atoms with van der Waals surface area (Å²) in [6.07, 6.45) is 2.46. The number of aliphatic hydroxyl groups excluding tert-OH is 1. The summed E-state index contributed by atoms with van der Waals surface area (Å²) in [7, 11) is 0. The molecule has 0 aliphatic heterocycles. The van der Waals surface area contributed by atoms with Gasteiger partial charge < -0.3 is 5.11 Å². The summed E-state index contributed by atoms with van der Waals surface area (Å²) < 4.78 is 27.1. The lowest BCUT2D eigenvalue weighted by atomic mass is 10.1. The number of benzene rings is 2. The van der Waals surface area contributed by atoms with Gasteiger partial charge in [-0.25, -0.2) is 8.78 Å². The lowest BCUT2D eigenvalue weighted by Crippen LogP contribution is -1.92. The maximum Gasteiger partial charge on any atom is 0.123 e. The van der Waals surface area contributed by atoms with Crippen molar-refractivity contribution < 1.29 is 13.9 Å². The summed E-state index contributed by atoms with van der Waals surface area (Å²) in [5.41, 5.74) is 1.85. The van der Waals surface area contributed by atoms with Crippen molar-refractivity contribution >= 4 is 31.9 Å². The molecule has 0 aliphatic carbocycles. The molecular weight excluding hydrogens is 418 g/mol. The molecule has 1 nitrogen and oxygen atoms in total. The quantitative estimate of drug-likeness (QED) is 0.656. The molecular formula is C17H18Br2F2O. The molecule has 1 N–H and O–H groups in total. The van der Waals surface area contributed by atoms with Crippen molar-refractivity contribution in [2.75, 3.05) is 6.61 Å². The summed E-state index contributed by atoms with van der Waals surface area (Å²) in [5.74, 6) is -0.423. The number of rotatable bonds is 4.